The van der Waals surface area contributed by atoms with Crippen molar-refractivity contribution < 1.29 is 82.5 Å². The van der Waals surface area contributed by atoms with Crippen LogP contribution >= 0.6 is 0 Å². The SMILES string of the molecule is [K+].[O]=[Ta](=[O])([O-])[F]. The van der Waals surface area contributed by atoms with E-state index >= 15 is 0 Å². The van der Waals surface area contributed by atoms with E-state index in [4.69, 9.17) is 10.1 Å². The molecule has 0 spiro atoms. The maximum atomic E-state index is 10.2. The van der Waals surface area contributed by atoms with Gasteiger partial charge in [0.25, 0.3) is 0 Å². The summed E-state index contributed by atoms with van der Waals surface area (Å²) in [5.41, 5.74) is 0. The molecule has 0 aliphatic rings. The molecule has 31 valence electrons. The van der Waals surface area contributed by atoms with Crippen LogP contribution in [0.2, 0.25) is 0 Å². The minimum absolute atomic E-state index is 0. The Labute approximate surface area is 80.7 Å². The van der Waals surface area contributed by atoms with Gasteiger partial charge in [0.1, 0.15) is 0 Å². The van der Waals surface area contributed by atoms with E-state index in [1.54, 1.807) is 0 Å². The number of rotatable bonds is 0. The summed E-state index contributed by atoms with van der Waals surface area (Å²) in [5.74, 6) is 0. The second kappa shape index (κ2) is 3.82. The molecule has 0 amide bonds. The van der Waals surface area contributed by atoms with E-state index < -0.39 is 18.0 Å². The number of hydrogen-bond acceptors (Lipinski definition) is 3. The van der Waals surface area contributed by atoms with Crippen LogP contribution in [0.3, 0.4) is 0 Å². The van der Waals surface area contributed by atoms with Crippen LogP contribution in [0.5, 0.6) is 0 Å². The summed E-state index contributed by atoms with van der Waals surface area (Å²) in [6, 6.07) is 0. The van der Waals surface area contributed by atoms with E-state index in [0.29, 0.717) is 0 Å². The van der Waals surface area contributed by atoms with Crippen molar-refractivity contribution in [2.24, 2.45) is 0 Å². The van der Waals surface area contributed by atoms with Gasteiger partial charge in [-0.25, -0.2) is 0 Å². The van der Waals surface area contributed by atoms with Gasteiger partial charge < -0.3 is 0 Å². The Morgan fingerprint density at radius 1 is 1.50 bits per heavy atom. The third-order valence-electron chi connectivity index (χ3n) is 0. The topological polar surface area (TPSA) is 57.2 Å². The molecule has 0 bridgehead atoms. The van der Waals surface area contributed by atoms with Gasteiger partial charge in [0.05, 0.1) is 0 Å². The van der Waals surface area contributed by atoms with Crippen LogP contribution in [-0.4, -0.2) is 0 Å². The summed E-state index contributed by atoms with van der Waals surface area (Å²) in [5, 5.41) is 0. The van der Waals surface area contributed by atoms with Crippen molar-refractivity contribution in [2.45, 2.75) is 0 Å². The maximum absolute atomic E-state index is 10.2. The van der Waals surface area contributed by atoms with Gasteiger partial charge >= 0.3 is 82.5 Å². The molecule has 6 heavy (non-hydrogen) atoms. The van der Waals surface area contributed by atoms with E-state index in [1.807, 2.05) is 0 Å². The summed E-state index contributed by atoms with van der Waals surface area (Å²) >= 11 is -6.47. The van der Waals surface area contributed by atoms with Gasteiger partial charge in [-0.15, -0.1) is 0 Å². The first-order valence-corrected chi connectivity index (χ1v) is 5.87. The fourth-order valence-electron chi connectivity index (χ4n) is 0. The molecule has 0 aromatic carbocycles. The fraction of sp³-hybridized carbons (Fsp3) is 0. The predicted octanol–water partition coefficient (Wildman–Crippen LogP) is -4.00. The summed E-state index contributed by atoms with van der Waals surface area (Å²) in [4.78, 5) is 0. The summed E-state index contributed by atoms with van der Waals surface area (Å²) in [7, 11) is 0. The second-order valence-corrected chi connectivity index (χ2v) is 3.52. The molecule has 3 nitrogen and oxygen atoms in total. The van der Waals surface area contributed by atoms with Gasteiger partial charge in [-0.05, 0) is 0 Å². The molecule has 0 heterocycles. The zero-order chi connectivity index (χ0) is 4.50. The van der Waals surface area contributed by atoms with Crippen molar-refractivity contribution in [1.82, 2.24) is 0 Å². The van der Waals surface area contributed by atoms with Crippen molar-refractivity contribution in [2.75, 3.05) is 0 Å². The minimum atomic E-state index is -6.47. The van der Waals surface area contributed by atoms with Crippen molar-refractivity contribution in [1.29, 1.82) is 0 Å². The van der Waals surface area contributed by atoms with Crippen LogP contribution in [0.15, 0.2) is 0 Å². The van der Waals surface area contributed by atoms with Crippen LogP contribution in [0.25, 0.3) is 0 Å². The molecule has 0 unspecified atom stereocenters. The van der Waals surface area contributed by atoms with Crippen LogP contribution in [0.1, 0.15) is 0 Å². The molecule has 0 aromatic heterocycles. The molecule has 0 rings (SSSR count). The molecule has 6 heteroatoms. The first-order valence-electron chi connectivity index (χ1n) is 0.717. The quantitative estimate of drug-likeness (QED) is 0.427. The van der Waals surface area contributed by atoms with Crippen LogP contribution in [0, 0.1) is 0 Å². The summed E-state index contributed by atoms with van der Waals surface area (Å²) < 4.78 is 35.9. The average Bonchev–Trinajstić information content (AvgIpc) is 0.722. The first-order chi connectivity index (χ1) is 2.00. The van der Waals surface area contributed by atoms with Gasteiger partial charge in [0, 0.05) is 0 Å². The molecule has 0 fully saturated rings. The zero-order valence-corrected chi connectivity index (χ0v) is 9.39. The van der Waals surface area contributed by atoms with E-state index in [1.165, 1.54) is 0 Å². The van der Waals surface area contributed by atoms with Gasteiger partial charge in [0.2, 0.25) is 0 Å². The molecule has 0 aromatic rings. The third kappa shape index (κ3) is 39.9. The number of hydrogen-bond donors (Lipinski definition) is 0. The fourth-order valence-corrected chi connectivity index (χ4v) is 0. The summed E-state index contributed by atoms with van der Waals surface area (Å²) in [6.45, 7) is 0. The van der Waals surface area contributed by atoms with E-state index in [9.17, 15) is 3.02 Å². The average molecular weight is 287 g/mol. The Kier molecular flexibility index (Phi) is 6.86. The molecular weight excluding hydrogens is 287 g/mol. The van der Waals surface area contributed by atoms with Crippen LogP contribution < -0.4 is 55.0 Å². The Bertz CT molecular complexity index is 94.0. The Morgan fingerprint density at radius 2 is 1.50 bits per heavy atom. The van der Waals surface area contributed by atoms with Gasteiger partial charge in [0.15, 0.2) is 0 Å². The summed E-state index contributed by atoms with van der Waals surface area (Å²) in [6.07, 6.45) is 0. The Balaban J connectivity index is 0. The normalized spacial score (nSPS) is 9.67. The molecule has 0 saturated carbocycles. The van der Waals surface area contributed by atoms with Crippen molar-refractivity contribution >= 4 is 0 Å². The molecular formula is FKO3Ta. The van der Waals surface area contributed by atoms with Crippen molar-refractivity contribution in [3.05, 3.63) is 0 Å². The predicted molar refractivity (Wildman–Crippen MR) is 2.48 cm³/mol. The standard InChI is InChI=1S/FH.K.3O.Ta/h1H;;;;;/q;+1;;;-1;+1/p-1. The van der Waals surface area contributed by atoms with Crippen LogP contribution in [-0.2, 0) is 24.5 Å². The van der Waals surface area contributed by atoms with Gasteiger partial charge in [-0.1, -0.05) is 0 Å². The van der Waals surface area contributed by atoms with E-state index in [-0.39, 0.29) is 51.4 Å². The third-order valence-corrected chi connectivity index (χ3v) is 0. The molecule has 0 radical (unpaired) electrons. The first kappa shape index (κ1) is 10.8. The molecule has 0 aliphatic heterocycles. The van der Waals surface area contributed by atoms with Crippen LogP contribution in [0.4, 0.5) is 3.02 Å². The van der Waals surface area contributed by atoms with E-state index in [0.717, 1.165) is 0 Å². The van der Waals surface area contributed by atoms with Gasteiger partial charge in [-0.2, -0.15) is 0 Å². The van der Waals surface area contributed by atoms with E-state index in [2.05, 4.69) is 0 Å². The van der Waals surface area contributed by atoms with Crippen molar-refractivity contribution in [3.8, 4) is 0 Å². The number of halogens is 1. The zero-order valence-electron chi connectivity index (χ0n) is 3.05. The Morgan fingerprint density at radius 3 is 1.50 bits per heavy atom. The Hall–Kier alpha value is 1.87. The van der Waals surface area contributed by atoms with Crippen molar-refractivity contribution in [3.63, 3.8) is 0 Å². The monoisotopic (exact) mass is 287 g/mol. The molecule has 0 atom stereocenters. The van der Waals surface area contributed by atoms with Gasteiger partial charge in [-0.3, -0.25) is 0 Å². The second-order valence-electron chi connectivity index (χ2n) is 0.431. The molecule has 0 aliphatic carbocycles. The molecule has 0 saturated heterocycles. The molecule has 0 N–H and O–H groups in total.